The summed E-state index contributed by atoms with van der Waals surface area (Å²) in [6, 6.07) is 18.5. The highest BCUT2D eigenvalue weighted by atomic mass is 16.5. The predicted molar refractivity (Wildman–Crippen MR) is 98.3 cm³/mol. The first-order valence-corrected chi connectivity index (χ1v) is 8.67. The highest BCUT2D eigenvalue weighted by Crippen LogP contribution is 2.21. The van der Waals surface area contributed by atoms with Crippen LogP contribution in [0, 0.1) is 0 Å². The van der Waals surface area contributed by atoms with Gasteiger partial charge in [0.1, 0.15) is 6.54 Å². The van der Waals surface area contributed by atoms with E-state index in [1.165, 1.54) is 11.1 Å². The number of carbonyl (C=O) groups is 1. The summed E-state index contributed by atoms with van der Waals surface area (Å²) in [4.78, 5) is 14.4. The number of carbonyl (C=O) groups excluding carboxylic acids is 1. The van der Waals surface area contributed by atoms with Crippen molar-refractivity contribution in [2.75, 3.05) is 13.6 Å². The molecule has 4 nitrogen and oxygen atoms in total. The van der Waals surface area contributed by atoms with Crippen LogP contribution in [0.4, 0.5) is 0 Å². The number of aromatic nitrogens is 1. The molecule has 2 aromatic carbocycles. The van der Waals surface area contributed by atoms with Gasteiger partial charge in [0.2, 0.25) is 5.91 Å². The van der Waals surface area contributed by atoms with E-state index >= 15 is 0 Å². The van der Waals surface area contributed by atoms with E-state index in [0.717, 1.165) is 17.3 Å². The molecular formula is C21H22N2O2. The SMILES string of the molecule is CN(CC1Cc2ccccc2CO1)C(=O)Cn1ccc2ccccc21. The lowest BCUT2D eigenvalue weighted by molar-refractivity contribution is -0.132. The van der Waals surface area contributed by atoms with Crippen LogP contribution >= 0.6 is 0 Å². The van der Waals surface area contributed by atoms with Crippen LogP contribution in [0.2, 0.25) is 0 Å². The molecule has 0 saturated carbocycles. The molecule has 0 saturated heterocycles. The zero-order valence-electron chi connectivity index (χ0n) is 14.4. The minimum absolute atomic E-state index is 0.0604. The van der Waals surface area contributed by atoms with Gasteiger partial charge in [-0.2, -0.15) is 0 Å². The smallest absolute Gasteiger partial charge is 0.242 e. The molecule has 0 aliphatic carbocycles. The van der Waals surface area contributed by atoms with Crippen molar-refractivity contribution in [2.24, 2.45) is 0 Å². The molecule has 0 N–H and O–H groups in total. The van der Waals surface area contributed by atoms with Crippen LogP contribution in [-0.4, -0.2) is 35.1 Å². The van der Waals surface area contributed by atoms with E-state index in [1.807, 2.05) is 48.1 Å². The summed E-state index contributed by atoms with van der Waals surface area (Å²) in [6.07, 6.45) is 2.90. The average Bonchev–Trinajstić information content (AvgIpc) is 3.04. The minimum Gasteiger partial charge on any atom is -0.371 e. The second-order valence-corrected chi connectivity index (χ2v) is 6.68. The predicted octanol–water partition coefficient (Wildman–Crippen LogP) is 3.24. The van der Waals surface area contributed by atoms with Gasteiger partial charge in [0.05, 0.1) is 12.7 Å². The van der Waals surface area contributed by atoms with Gasteiger partial charge in [0.25, 0.3) is 0 Å². The lowest BCUT2D eigenvalue weighted by Gasteiger charge is -2.29. The first-order chi connectivity index (χ1) is 12.2. The quantitative estimate of drug-likeness (QED) is 0.734. The molecular weight excluding hydrogens is 312 g/mol. The Morgan fingerprint density at radius 3 is 2.76 bits per heavy atom. The fourth-order valence-electron chi connectivity index (χ4n) is 3.48. The third-order valence-corrected chi connectivity index (χ3v) is 4.93. The van der Waals surface area contributed by atoms with Gasteiger partial charge in [-0.1, -0.05) is 42.5 Å². The summed E-state index contributed by atoms with van der Waals surface area (Å²) in [5.41, 5.74) is 3.68. The van der Waals surface area contributed by atoms with Crippen LogP contribution in [0.3, 0.4) is 0 Å². The highest BCUT2D eigenvalue weighted by molar-refractivity contribution is 5.83. The molecule has 0 bridgehead atoms. The Balaban J connectivity index is 1.40. The molecule has 1 atom stereocenters. The number of ether oxygens (including phenoxy) is 1. The fraction of sp³-hybridized carbons (Fsp3) is 0.286. The number of hydrogen-bond donors (Lipinski definition) is 0. The molecule has 4 rings (SSSR count). The van der Waals surface area contributed by atoms with Crippen molar-refractivity contribution in [3.8, 4) is 0 Å². The highest BCUT2D eigenvalue weighted by Gasteiger charge is 2.22. The molecule has 128 valence electrons. The largest absolute Gasteiger partial charge is 0.371 e. The van der Waals surface area contributed by atoms with E-state index in [-0.39, 0.29) is 12.0 Å². The monoisotopic (exact) mass is 334 g/mol. The van der Waals surface area contributed by atoms with Crippen molar-refractivity contribution < 1.29 is 9.53 Å². The van der Waals surface area contributed by atoms with Crippen molar-refractivity contribution in [2.45, 2.75) is 25.7 Å². The number of rotatable bonds is 4. The lowest BCUT2D eigenvalue weighted by Crippen LogP contribution is -2.39. The lowest BCUT2D eigenvalue weighted by atomic mass is 9.99. The van der Waals surface area contributed by atoms with Crippen molar-refractivity contribution in [3.05, 3.63) is 71.9 Å². The molecule has 1 unspecified atom stereocenters. The molecule has 3 aromatic rings. The number of amides is 1. The molecule has 1 aromatic heterocycles. The normalized spacial score (nSPS) is 16.6. The van der Waals surface area contributed by atoms with E-state index in [9.17, 15) is 4.79 Å². The molecule has 1 amide bonds. The molecule has 0 radical (unpaired) electrons. The maximum Gasteiger partial charge on any atom is 0.242 e. The Kier molecular flexibility index (Phi) is 4.28. The second kappa shape index (κ2) is 6.73. The number of fused-ring (bicyclic) bond motifs is 2. The van der Waals surface area contributed by atoms with Gasteiger partial charge in [-0.05, 0) is 28.6 Å². The number of para-hydroxylation sites is 1. The fourth-order valence-corrected chi connectivity index (χ4v) is 3.48. The molecule has 0 fully saturated rings. The van der Waals surface area contributed by atoms with Gasteiger partial charge in [-0.3, -0.25) is 4.79 Å². The van der Waals surface area contributed by atoms with Crippen molar-refractivity contribution in [1.82, 2.24) is 9.47 Å². The van der Waals surface area contributed by atoms with Gasteiger partial charge < -0.3 is 14.2 Å². The van der Waals surface area contributed by atoms with Crippen LogP contribution in [-0.2, 0) is 29.1 Å². The van der Waals surface area contributed by atoms with Crippen LogP contribution in [0.25, 0.3) is 10.9 Å². The number of benzene rings is 2. The summed E-state index contributed by atoms with van der Waals surface area (Å²) in [7, 11) is 1.86. The second-order valence-electron chi connectivity index (χ2n) is 6.68. The third kappa shape index (κ3) is 3.30. The Morgan fingerprint density at radius 2 is 1.88 bits per heavy atom. The number of hydrogen-bond acceptors (Lipinski definition) is 2. The first-order valence-electron chi connectivity index (χ1n) is 8.67. The van der Waals surface area contributed by atoms with Crippen LogP contribution < -0.4 is 0 Å². The molecule has 4 heteroatoms. The zero-order chi connectivity index (χ0) is 17.2. The van der Waals surface area contributed by atoms with E-state index < -0.39 is 0 Å². The van der Waals surface area contributed by atoms with Crippen LogP contribution in [0.15, 0.2) is 60.8 Å². The summed E-state index contributed by atoms with van der Waals surface area (Å²) >= 11 is 0. The Hall–Kier alpha value is -2.59. The topological polar surface area (TPSA) is 34.5 Å². The maximum absolute atomic E-state index is 12.6. The van der Waals surface area contributed by atoms with Crippen molar-refractivity contribution in [1.29, 1.82) is 0 Å². The minimum atomic E-state index is 0.0604. The third-order valence-electron chi connectivity index (χ3n) is 4.93. The number of nitrogens with zero attached hydrogens (tertiary/aromatic N) is 2. The van der Waals surface area contributed by atoms with Crippen LogP contribution in [0.1, 0.15) is 11.1 Å². The summed E-state index contributed by atoms with van der Waals surface area (Å²) in [5, 5.41) is 1.16. The molecule has 1 aliphatic heterocycles. The maximum atomic E-state index is 12.6. The van der Waals surface area contributed by atoms with Gasteiger partial charge in [-0.25, -0.2) is 0 Å². The zero-order valence-corrected chi connectivity index (χ0v) is 14.4. The Morgan fingerprint density at radius 1 is 1.12 bits per heavy atom. The first kappa shape index (κ1) is 15.9. The Bertz CT molecular complexity index is 900. The van der Waals surface area contributed by atoms with Gasteiger partial charge >= 0.3 is 0 Å². The van der Waals surface area contributed by atoms with Crippen molar-refractivity contribution >= 4 is 16.8 Å². The summed E-state index contributed by atoms with van der Waals surface area (Å²) in [6.45, 7) is 1.60. The van der Waals surface area contributed by atoms with E-state index in [4.69, 9.17) is 4.74 Å². The van der Waals surface area contributed by atoms with Gasteiger partial charge in [0.15, 0.2) is 0 Å². The van der Waals surface area contributed by atoms with Crippen molar-refractivity contribution in [3.63, 3.8) is 0 Å². The average molecular weight is 334 g/mol. The molecule has 0 spiro atoms. The number of likely N-dealkylation sites (N-methyl/N-ethyl adjacent to an activating group) is 1. The van der Waals surface area contributed by atoms with Gasteiger partial charge in [0, 0.05) is 31.7 Å². The summed E-state index contributed by atoms with van der Waals surface area (Å²) < 4.78 is 7.94. The van der Waals surface area contributed by atoms with Crippen LogP contribution in [0.5, 0.6) is 0 Å². The molecule has 25 heavy (non-hydrogen) atoms. The van der Waals surface area contributed by atoms with E-state index in [0.29, 0.717) is 19.7 Å². The van der Waals surface area contributed by atoms with E-state index in [1.54, 1.807) is 4.90 Å². The van der Waals surface area contributed by atoms with Gasteiger partial charge in [-0.15, -0.1) is 0 Å². The summed E-state index contributed by atoms with van der Waals surface area (Å²) in [5.74, 6) is 0.101. The molecule has 1 aliphatic rings. The van der Waals surface area contributed by atoms with E-state index in [2.05, 4.69) is 24.3 Å². The molecule has 2 heterocycles. The Labute approximate surface area is 147 Å². The standard InChI is InChI=1S/C21H22N2O2/c1-22(13-19-12-17-7-2-3-8-18(17)15-25-19)21(24)14-23-11-10-16-6-4-5-9-20(16)23/h2-11,19H,12-15H2,1H3.